The van der Waals surface area contributed by atoms with Gasteiger partial charge in [0.05, 0.1) is 24.9 Å². The van der Waals surface area contributed by atoms with Gasteiger partial charge in [-0.2, -0.15) is 0 Å². The van der Waals surface area contributed by atoms with E-state index in [9.17, 15) is 14.4 Å². The number of nitrogens with one attached hydrogen (secondary N) is 1. The third kappa shape index (κ3) is 7.46. The van der Waals surface area contributed by atoms with Crippen LogP contribution in [0.15, 0.2) is 30.3 Å². The van der Waals surface area contributed by atoms with Gasteiger partial charge in [-0.05, 0) is 51.8 Å². The molecule has 0 spiro atoms. The molecule has 1 heterocycles. The number of ether oxygens (including phenoxy) is 3. The number of hydrogen-bond donors (Lipinski definition) is 1. The number of rotatable bonds is 11. The molecule has 1 amide bonds. The Kier molecular flexibility index (Phi) is 10.1. The van der Waals surface area contributed by atoms with Crippen LogP contribution in [-0.2, 0) is 14.3 Å². The Morgan fingerprint density at radius 2 is 1.85 bits per heavy atom. The molecule has 0 aliphatic carbocycles. The Bertz CT molecular complexity index is 1010. The number of carbonyl (C=O) groups is 3. The predicted molar refractivity (Wildman–Crippen MR) is 130 cm³/mol. The first kappa shape index (κ1) is 26.1. The van der Waals surface area contributed by atoms with E-state index in [-0.39, 0.29) is 28.2 Å². The van der Waals surface area contributed by atoms with Gasteiger partial charge < -0.3 is 19.5 Å². The minimum Gasteiger partial charge on any atom is -0.493 e. The van der Waals surface area contributed by atoms with Gasteiger partial charge in [0.1, 0.15) is 15.6 Å². The third-order valence-electron chi connectivity index (χ3n) is 4.48. The average Bonchev–Trinajstić information content (AvgIpc) is 3.08. The van der Waals surface area contributed by atoms with Gasteiger partial charge >= 0.3 is 11.9 Å². The second-order valence-corrected chi connectivity index (χ2v) is 8.52. The van der Waals surface area contributed by atoms with Crippen molar-refractivity contribution in [3.05, 3.63) is 51.9 Å². The molecule has 8 heteroatoms. The molecule has 0 bridgehead atoms. The van der Waals surface area contributed by atoms with Gasteiger partial charge in [-0.15, -0.1) is 11.3 Å². The maximum Gasteiger partial charge on any atom is 0.348 e. The van der Waals surface area contributed by atoms with E-state index in [1.165, 1.54) is 6.08 Å². The minimum atomic E-state index is -0.608. The molecule has 0 aliphatic rings. The van der Waals surface area contributed by atoms with Crippen molar-refractivity contribution in [2.24, 2.45) is 0 Å². The summed E-state index contributed by atoms with van der Waals surface area (Å²) in [5, 5.41) is 2.94. The molecule has 178 valence electrons. The first-order valence-corrected chi connectivity index (χ1v) is 11.8. The summed E-state index contributed by atoms with van der Waals surface area (Å²) in [5.74, 6) is -0.919. The molecule has 0 aliphatic heterocycles. The maximum absolute atomic E-state index is 12.7. The highest BCUT2D eigenvalue weighted by Gasteiger charge is 2.27. The van der Waals surface area contributed by atoms with Gasteiger partial charge in [-0.3, -0.25) is 4.79 Å². The molecule has 0 saturated heterocycles. The molecule has 0 saturated carbocycles. The summed E-state index contributed by atoms with van der Waals surface area (Å²) in [4.78, 5) is 37.9. The van der Waals surface area contributed by atoms with Gasteiger partial charge in [0.25, 0.3) is 0 Å². The molecular weight excluding hydrogens is 442 g/mol. The summed E-state index contributed by atoms with van der Waals surface area (Å²) in [6, 6.07) is 7.43. The first-order chi connectivity index (χ1) is 15.8. The molecule has 0 fully saturated rings. The lowest BCUT2D eigenvalue weighted by atomic mass is 10.1. The zero-order valence-corrected chi connectivity index (χ0v) is 20.5. The lowest BCUT2D eigenvalue weighted by Crippen LogP contribution is -2.13. The van der Waals surface area contributed by atoms with Crippen LogP contribution in [-0.4, -0.2) is 37.2 Å². The Hall–Kier alpha value is -3.13. The van der Waals surface area contributed by atoms with E-state index in [1.807, 2.05) is 24.3 Å². The Labute approximate surface area is 198 Å². The van der Waals surface area contributed by atoms with Crippen LogP contribution in [0.4, 0.5) is 5.00 Å². The van der Waals surface area contributed by atoms with E-state index < -0.39 is 17.8 Å². The van der Waals surface area contributed by atoms with Gasteiger partial charge in [-0.1, -0.05) is 31.5 Å². The number of benzene rings is 1. The Balaban J connectivity index is 2.26. The van der Waals surface area contributed by atoms with E-state index in [2.05, 4.69) is 12.2 Å². The average molecular weight is 474 g/mol. The van der Waals surface area contributed by atoms with E-state index >= 15 is 0 Å². The van der Waals surface area contributed by atoms with Crippen molar-refractivity contribution < 1.29 is 28.6 Å². The van der Waals surface area contributed by atoms with Crippen LogP contribution in [0, 0.1) is 6.92 Å². The summed E-state index contributed by atoms with van der Waals surface area (Å²) in [6.07, 6.45) is 4.66. The van der Waals surface area contributed by atoms with Crippen molar-refractivity contribution >= 4 is 40.3 Å². The smallest absolute Gasteiger partial charge is 0.348 e. The summed E-state index contributed by atoms with van der Waals surface area (Å²) < 4.78 is 16.2. The second-order valence-electron chi connectivity index (χ2n) is 7.50. The van der Waals surface area contributed by atoms with Crippen LogP contribution in [0.25, 0.3) is 6.08 Å². The molecule has 0 unspecified atom stereocenters. The molecular formula is C25H31NO6S. The molecule has 7 nitrogen and oxygen atoms in total. The summed E-state index contributed by atoms with van der Waals surface area (Å²) >= 11 is 0.991. The predicted octanol–water partition coefficient (Wildman–Crippen LogP) is 5.63. The van der Waals surface area contributed by atoms with E-state index in [1.54, 1.807) is 33.8 Å². The van der Waals surface area contributed by atoms with Crippen molar-refractivity contribution in [1.29, 1.82) is 0 Å². The number of para-hydroxylation sites is 1. The maximum atomic E-state index is 12.7. The fourth-order valence-corrected chi connectivity index (χ4v) is 3.99. The van der Waals surface area contributed by atoms with Gasteiger partial charge in [0, 0.05) is 11.6 Å². The van der Waals surface area contributed by atoms with Crippen molar-refractivity contribution in [2.75, 3.05) is 18.5 Å². The SMILES string of the molecule is CCCCOc1ccccc1/C=C/C(=O)Nc1sc(C(=O)OC(C)C)c(C)c1C(=O)OCC. The fourth-order valence-electron chi connectivity index (χ4n) is 2.91. The summed E-state index contributed by atoms with van der Waals surface area (Å²) in [5.41, 5.74) is 1.33. The molecule has 0 atom stereocenters. The van der Waals surface area contributed by atoms with Crippen LogP contribution in [0.3, 0.4) is 0 Å². The highest BCUT2D eigenvalue weighted by atomic mass is 32.1. The van der Waals surface area contributed by atoms with Crippen molar-refractivity contribution in [3.63, 3.8) is 0 Å². The van der Waals surface area contributed by atoms with Crippen molar-refractivity contribution in [1.82, 2.24) is 0 Å². The monoisotopic (exact) mass is 473 g/mol. The zero-order valence-electron chi connectivity index (χ0n) is 19.7. The number of amides is 1. The molecule has 0 radical (unpaired) electrons. The number of thiophene rings is 1. The standard InChI is InChI=1S/C25H31NO6S/c1-6-8-15-31-19-12-10-9-11-18(19)13-14-20(27)26-23-21(24(28)30-7-2)17(5)22(33-23)25(29)32-16(3)4/h9-14,16H,6-8,15H2,1-5H3,(H,26,27)/b14-13+. The molecule has 2 rings (SSSR count). The van der Waals surface area contributed by atoms with E-state index in [0.29, 0.717) is 17.9 Å². The molecule has 1 aromatic heterocycles. The van der Waals surface area contributed by atoms with Gasteiger partial charge in [0.15, 0.2) is 0 Å². The molecule has 2 aromatic rings. The summed E-state index contributed by atoms with van der Waals surface area (Å²) in [6.45, 7) is 9.66. The number of esters is 2. The van der Waals surface area contributed by atoms with Gasteiger partial charge in [0.2, 0.25) is 5.91 Å². The van der Waals surface area contributed by atoms with Crippen LogP contribution >= 0.6 is 11.3 Å². The zero-order chi connectivity index (χ0) is 24.4. The first-order valence-electron chi connectivity index (χ1n) is 11.0. The highest BCUT2D eigenvalue weighted by Crippen LogP contribution is 2.34. The largest absolute Gasteiger partial charge is 0.493 e. The summed E-state index contributed by atoms with van der Waals surface area (Å²) in [7, 11) is 0. The lowest BCUT2D eigenvalue weighted by Gasteiger charge is -2.08. The molecule has 1 aromatic carbocycles. The number of anilines is 1. The molecule has 33 heavy (non-hydrogen) atoms. The van der Waals surface area contributed by atoms with E-state index in [4.69, 9.17) is 14.2 Å². The van der Waals surface area contributed by atoms with Crippen LogP contribution in [0.2, 0.25) is 0 Å². The number of carbonyl (C=O) groups excluding carboxylic acids is 3. The quantitative estimate of drug-likeness (QED) is 0.258. The van der Waals surface area contributed by atoms with Crippen molar-refractivity contribution in [2.45, 2.75) is 53.6 Å². The van der Waals surface area contributed by atoms with Crippen LogP contribution in [0.1, 0.15) is 71.7 Å². The van der Waals surface area contributed by atoms with Crippen molar-refractivity contribution in [3.8, 4) is 5.75 Å². The third-order valence-corrected chi connectivity index (χ3v) is 5.67. The lowest BCUT2D eigenvalue weighted by molar-refractivity contribution is -0.111. The number of unbranched alkanes of at least 4 members (excludes halogenated alkanes) is 1. The van der Waals surface area contributed by atoms with Crippen LogP contribution < -0.4 is 10.1 Å². The van der Waals surface area contributed by atoms with E-state index in [0.717, 1.165) is 29.7 Å². The normalized spacial score (nSPS) is 11.0. The Morgan fingerprint density at radius 3 is 2.52 bits per heavy atom. The highest BCUT2D eigenvalue weighted by molar-refractivity contribution is 7.18. The Morgan fingerprint density at radius 1 is 1.12 bits per heavy atom. The fraction of sp³-hybridized carbons (Fsp3) is 0.400. The van der Waals surface area contributed by atoms with Gasteiger partial charge in [-0.25, -0.2) is 9.59 Å². The molecule has 1 N–H and O–H groups in total. The van der Waals surface area contributed by atoms with Crippen LogP contribution in [0.5, 0.6) is 5.75 Å². The topological polar surface area (TPSA) is 90.9 Å². The number of hydrogen-bond acceptors (Lipinski definition) is 7. The minimum absolute atomic E-state index is 0.155. The second kappa shape index (κ2) is 12.8.